The first-order valence-corrected chi connectivity index (χ1v) is 13.7. The molecule has 4 aromatic rings. The molecule has 198 valence electrons. The number of aromatic nitrogens is 1. The SMILES string of the molecule is Cc1cc(NS(=O)(=O)c2ccc(N3C(=O)/C(=C/c4ccc(N(C)C)cc4)N=C3c3ccc(Cl)cc3)cc2)no1. The third kappa shape index (κ3) is 5.57. The number of amidine groups is 1. The van der Waals surface area contributed by atoms with Crippen LogP contribution in [0.3, 0.4) is 0 Å². The Labute approximate surface area is 231 Å². The van der Waals surface area contributed by atoms with Gasteiger partial charge in [-0.3, -0.25) is 14.4 Å². The lowest BCUT2D eigenvalue weighted by Crippen LogP contribution is -2.32. The van der Waals surface area contributed by atoms with E-state index >= 15 is 0 Å². The summed E-state index contributed by atoms with van der Waals surface area (Å²) in [6, 6.07) is 22.2. The van der Waals surface area contributed by atoms with Gasteiger partial charge in [-0.1, -0.05) is 28.9 Å². The van der Waals surface area contributed by atoms with Gasteiger partial charge in [-0.05, 0) is 79.2 Å². The highest BCUT2D eigenvalue weighted by atomic mass is 35.5. The molecule has 5 rings (SSSR count). The molecule has 0 bridgehead atoms. The van der Waals surface area contributed by atoms with Crippen molar-refractivity contribution in [3.8, 4) is 0 Å². The van der Waals surface area contributed by atoms with Gasteiger partial charge in [-0.15, -0.1) is 0 Å². The molecule has 2 heterocycles. The molecular weight excluding hydrogens is 538 g/mol. The van der Waals surface area contributed by atoms with Crippen LogP contribution in [0.4, 0.5) is 17.2 Å². The third-order valence-electron chi connectivity index (χ3n) is 5.95. The first-order chi connectivity index (χ1) is 18.6. The lowest BCUT2D eigenvalue weighted by molar-refractivity contribution is -0.113. The topological polar surface area (TPSA) is 108 Å². The number of aryl methyl sites for hydroxylation is 1. The van der Waals surface area contributed by atoms with Crippen LogP contribution in [0.1, 0.15) is 16.9 Å². The minimum absolute atomic E-state index is 0.000258. The van der Waals surface area contributed by atoms with Gasteiger partial charge >= 0.3 is 0 Å². The molecule has 0 saturated carbocycles. The van der Waals surface area contributed by atoms with Crippen molar-refractivity contribution in [2.45, 2.75) is 11.8 Å². The molecule has 1 aliphatic heterocycles. The molecule has 0 unspecified atom stereocenters. The minimum Gasteiger partial charge on any atom is -0.378 e. The van der Waals surface area contributed by atoms with Crippen LogP contribution < -0.4 is 14.5 Å². The van der Waals surface area contributed by atoms with Gasteiger partial charge in [-0.2, -0.15) is 0 Å². The Morgan fingerprint density at radius 3 is 2.23 bits per heavy atom. The van der Waals surface area contributed by atoms with Crippen LogP contribution in [0.2, 0.25) is 5.02 Å². The fourth-order valence-electron chi connectivity index (χ4n) is 3.96. The first kappa shape index (κ1) is 26.2. The molecule has 1 N–H and O–H groups in total. The molecule has 39 heavy (non-hydrogen) atoms. The number of carbonyl (C=O) groups is 1. The Morgan fingerprint density at radius 2 is 1.64 bits per heavy atom. The molecule has 1 aliphatic rings. The fraction of sp³-hybridized carbons (Fsp3) is 0.107. The average molecular weight is 562 g/mol. The van der Waals surface area contributed by atoms with Gasteiger partial charge in [0.2, 0.25) is 0 Å². The molecule has 3 aromatic carbocycles. The maximum atomic E-state index is 13.6. The number of rotatable bonds is 7. The van der Waals surface area contributed by atoms with Crippen molar-refractivity contribution in [1.82, 2.24) is 5.16 Å². The number of aliphatic imine (C=N–C) groups is 1. The number of sulfonamides is 1. The van der Waals surface area contributed by atoms with Crippen molar-refractivity contribution in [2.24, 2.45) is 4.99 Å². The maximum absolute atomic E-state index is 13.6. The van der Waals surface area contributed by atoms with Crippen LogP contribution in [-0.4, -0.2) is 39.4 Å². The largest absolute Gasteiger partial charge is 0.378 e. The van der Waals surface area contributed by atoms with Gasteiger partial charge in [0.25, 0.3) is 15.9 Å². The van der Waals surface area contributed by atoms with E-state index in [4.69, 9.17) is 16.1 Å². The van der Waals surface area contributed by atoms with E-state index in [2.05, 4.69) is 14.9 Å². The molecule has 11 heteroatoms. The van der Waals surface area contributed by atoms with Gasteiger partial charge in [0.05, 0.1) is 10.6 Å². The lowest BCUT2D eigenvalue weighted by Gasteiger charge is -2.19. The molecule has 0 aliphatic carbocycles. The van der Waals surface area contributed by atoms with E-state index < -0.39 is 10.0 Å². The second kappa shape index (κ2) is 10.4. The van der Waals surface area contributed by atoms with Crippen LogP contribution in [0.15, 0.2) is 99.0 Å². The van der Waals surface area contributed by atoms with E-state index in [1.165, 1.54) is 23.1 Å². The summed E-state index contributed by atoms with van der Waals surface area (Å²) in [5.41, 5.74) is 3.23. The van der Waals surface area contributed by atoms with E-state index in [9.17, 15) is 13.2 Å². The summed E-state index contributed by atoms with van der Waals surface area (Å²) in [6.07, 6.45) is 1.72. The summed E-state index contributed by atoms with van der Waals surface area (Å²) in [6.45, 7) is 1.66. The molecule has 0 radical (unpaired) electrons. The first-order valence-electron chi connectivity index (χ1n) is 11.8. The monoisotopic (exact) mass is 561 g/mol. The molecule has 0 atom stereocenters. The number of hydrogen-bond donors (Lipinski definition) is 1. The summed E-state index contributed by atoms with van der Waals surface area (Å²) in [7, 11) is -0.0116. The Bertz CT molecular complexity index is 1690. The van der Waals surface area contributed by atoms with Crippen molar-refractivity contribution in [3.05, 3.63) is 106 Å². The summed E-state index contributed by atoms with van der Waals surface area (Å²) in [4.78, 5) is 21.7. The van der Waals surface area contributed by atoms with E-state index in [0.29, 0.717) is 27.9 Å². The van der Waals surface area contributed by atoms with E-state index in [0.717, 1.165) is 11.3 Å². The Morgan fingerprint density at radius 1 is 0.974 bits per heavy atom. The zero-order valence-corrected chi connectivity index (χ0v) is 22.9. The standard InChI is InChI=1S/C28H24ClN5O4S/c1-18-16-26(31-38-18)32-39(36,37)24-14-12-23(13-15-24)34-27(20-6-8-21(29)9-7-20)30-25(28(34)35)17-19-4-10-22(11-5-19)33(2)3/h4-17H,1-3H3,(H,31,32)/b25-17-. The zero-order chi connectivity index (χ0) is 27.7. The molecular formula is C28H24ClN5O4S. The Hall–Kier alpha value is -4.41. The Kier molecular flexibility index (Phi) is 6.98. The number of hydrogen-bond acceptors (Lipinski definition) is 7. The number of benzene rings is 3. The molecule has 0 fully saturated rings. The predicted octanol–water partition coefficient (Wildman–Crippen LogP) is 5.34. The summed E-state index contributed by atoms with van der Waals surface area (Å²) in [5.74, 6) is 0.613. The summed E-state index contributed by atoms with van der Waals surface area (Å²) >= 11 is 6.08. The number of amides is 1. The van der Waals surface area contributed by atoms with E-state index in [1.54, 1.807) is 49.4 Å². The second-order valence-electron chi connectivity index (χ2n) is 9.02. The Balaban J connectivity index is 1.49. The number of nitrogens with zero attached hydrogens (tertiary/aromatic N) is 4. The highest BCUT2D eigenvalue weighted by molar-refractivity contribution is 7.92. The van der Waals surface area contributed by atoms with Crippen molar-refractivity contribution < 1.29 is 17.7 Å². The normalized spacial score (nSPS) is 14.6. The number of nitrogens with one attached hydrogen (secondary N) is 1. The van der Waals surface area contributed by atoms with Crippen LogP contribution in [0.25, 0.3) is 6.08 Å². The molecule has 9 nitrogen and oxygen atoms in total. The van der Waals surface area contributed by atoms with Crippen molar-refractivity contribution in [1.29, 1.82) is 0 Å². The summed E-state index contributed by atoms with van der Waals surface area (Å²) < 4.78 is 33.0. The van der Waals surface area contributed by atoms with Gasteiger partial charge < -0.3 is 9.42 Å². The third-order valence-corrected chi connectivity index (χ3v) is 7.57. The van der Waals surface area contributed by atoms with Gasteiger partial charge in [0, 0.05) is 36.4 Å². The van der Waals surface area contributed by atoms with E-state index in [1.807, 2.05) is 43.3 Å². The minimum atomic E-state index is -3.92. The van der Waals surface area contributed by atoms with Crippen LogP contribution >= 0.6 is 11.6 Å². The summed E-state index contributed by atoms with van der Waals surface area (Å²) in [5, 5.41) is 4.22. The van der Waals surface area contributed by atoms with Crippen molar-refractivity contribution in [3.63, 3.8) is 0 Å². The quantitative estimate of drug-likeness (QED) is 0.305. The van der Waals surface area contributed by atoms with E-state index in [-0.39, 0.29) is 22.3 Å². The van der Waals surface area contributed by atoms with Crippen molar-refractivity contribution >= 4 is 56.6 Å². The van der Waals surface area contributed by atoms with Crippen LogP contribution in [0.5, 0.6) is 0 Å². The lowest BCUT2D eigenvalue weighted by atomic mass is 10.1. The maximum Gasteiger partial charge on any atom is 0.282 e. The fourth-order valence-corrected chi connectivity index (χ4v) is 5.07. The number of anilines is 3. The zero-order valence-electron chi connectivity index (χ0n) is 21.3. The molecule has 0 saturated heterocycles. The number of carbonyl (C=O) groups excluding carboxylic acids is 1. The second-order valence-corrected chi connectivity index (χ2v) is 11.1. The number of halogens is 1. The molecule has 0 spiro atoms. The average Bonchev–Trinajstić information content (AvgIpc) is 3.46. The van der Waals surface area contributed by atoms with Crippen LogP contribution in [-0.2, 0) is 14.8 Å². The smallest absolute Gasteiger partial charge is 0.282 e. The van der Waals surface area contributed by atoms with Gasteiger partial charge in [0.15, 0.2) is 5.82 Å². The van der Waals surface area contributed by atoms with Crippen LogP contribution in [0, 0.1) is 6.92 Å². The molecule has 1 amide bonds. The highest BCUT2D eigenvalue weighted by Crippen LogP contribution is 2.30. The molecule has 1 aromatic heterocycles. The van der Waals surface area contributed by atoms with Crippen molar-refractivity contribution in [2.75, 3.05) is 28.6 Å². The highest BCUT2D eigenvalue weighted by Gasteiger charge is 2.33. The van der Waals surface area contributed by atoms with Gasteiger partial charge in [0.1, 0.15) is 17.3 Å². The predicted molar refractivity (Wildman–Crippen MR) is 153 cm³/mol. The van der Waals surface area contributed by atoms with Gasteiger partial charge in [-0.25, -0.2) is 13.4 Å².